The fourth-order valence-electron chi connectivity index (χ4n) is 1.07. The third-order valence-electron chi connectivity index (χ3n) is 1.91. The molecule has 0 aliphatic carbocycles. The summed E-state index contributed by atoms with van der Waals surface area (Å²) in [5.41, 5.74) is 6.07. The minimum atomic E-state index is -0.675. The van der Waals surface area contributed by atoms with Gasteiger partial charge in [-0.25, -0.2) is 14.4 Å². The maximum atomic E-state index is 12.8. The third-order valence-corrected chi connectivity index (χ3v) is 2.13. The molecule has 0 bridgehead atoms. The van der Waals surface area contributed by atoms with Gasteiger partial charge in [-0.2, -0.15) is 4.98 Å². The van der Waals surface area contributed by atoms with Crippen molar-refractivity contribution in [1.82, 2.24) is 15.0 Å². The maximum Gasteiger partial charge on any atom is 0.318 e. The van der Waals surface area contributed by atoms with Crippen LogP contribution in [0, 0.1) is 5.82 Å². The fraction of sp³-hybridized carbons (Fsp3) is 0.100. The number of nitrogen functional groups attached to an aromatic ring is 1. The van der Waals surface area contributed by atoms with Crippen LogP contribution in [0.3, 0.4) is 0 Å². The second-order valence-corrected chi connectivity index (χ2v) is 3.55. The van der Waals surface area contributed by atoms with Gasteiger partial charge in [-0.1, -0.05) is 17.7 Å². The predicted octanol–water partition coefficient (Wildman–Crippen LogP) is 1.83. The molecule has 0 atom stereocenters. The molecular formula is C10H8ClFN4O. The van der Waals surface area contributed by atoms with Gasteiger partial charge >= 0.3 is 6.01 Å². The number of hydrogen-bond acceptors (Lipinski definition) is 5. The first-order valence-corrected chi connectivity index (χ1v) is 5.04. The molecule has 0 radical (unpaired) electrons. The highest BCUT2D eigenvalue weighted by Gasteiger charge is 2.04. The van der Waals surface area contributed by atoms with E-state index in [0.717, 1.165) is 11.8 Å². The Morgan fingerprint density at radius 1 is 1.29 bits per heavy atom. The molecule has 5 nitrogen and oxygen atoms in total. The van der Waals surface area contributed by atoms with Crippen LogP contribution in [-0.2, 0) is 6.61 Å². The predicted molar refractivity (Wildman–Crippen MR) is 60.0 cm³/mol. The molecule has 0 aliphatic rings. The lowest BCUT2D eigenvalue weighted by Crippen LogP contribution is -2.03. The number of pyridine rings is 1. The molecule has 2 heterocycles. The molecule has 0 fully saturated rings. The molecule has 88 valence electrons. The third kappa shape index (κ3) is 3.01. The normalized spacial score (nSPS) is 10.2. The van der Waals surface area contributed by atoms with E-state index in [1.807, 2.05) is 0 Å². The lowest BCUT2D eigenvalue weighted by Gasteiger charge is -2.04. The molecule has 2 rings (SSSR count). The Balaban J connectivity index is 2.02. The van der Waals surface area contributed by atoms with Crippen molar-refractivity contribution in [2.24, 2.45) is 0 Å². The summed E-state index contributed by atoms with van der Waals surface area (Å²) >= 11 is 5.63. The zero-order valence-electron chi connectivity index (χ0n) is 8.60. The van der Waals surface area contributed by atoms with E-state index in [9.17, 15) is 4.39 Å². The Labute approximate surface area is 101 Å². The molecule has 0 saturated carbocycles. The van der Waals surface area contributed by atoms with E-state index in [0.29, 0.717) is 5.15 Å². The van der Waals surface area contributed by atoms with Gasteiger partial charge in [0.05, 0.1) is 6.20 Å². The van der Waals surface area contributed by atoms with Gasteiger partial charge in [0.25, 0.3) is 0 Å². The number of anilines is 1. The molecule has 0 amide bonds. The van der Waals surface area contributed by atoms with Crippen molar-refractivity contribution in [1.29, 1.82) is 0 Å². The number of nitrogens with zero attached hydrogens (tertiary/aromatic N) is 3. The molecule has 0 aliphatic heterocycles. The second-order valence-electron chi connectivity index (χ2n) is 3.16. The smallest absolute Gasteiger partial charge is 0.318 e. The van der Waals surface area contributed by atoms with Gasteiger partial charge in [-0.15, -0.1) is 0 Å². The van der Waals surface area contributed by atoms with Crippen LogP contribution in [0.1, 0.15) is 5.56 Å². The highest BCUT2D eigenvalue weighted by atomic mass is 35.5. The van der Waals surface area contributed by atoms with Gasteiger partial charge < -0.3 is 10.5 Å². The van der Waals surface area contributed by atoms with Gasteiger partial charge in [-0.3, -0.25) is 0 Å². The summed E-state index contributed by atoms with van der Waals surface area (Å²) in [6.07, 6.45) is 2.52. The Morgan fingerprint density at radius 2 is 2.12 bits per heavy atom. The standard InChI is InChI=1S/C10H8ClFN4O/c11-8-2-1-6(3-14-8)5-17-10-15-4-7(12)9(13)16-10/h1-4H,5H2,(H2,13,15,16). The van der Waals surface area contributed by atoms with Gasteiger partial charge in [0, 0.05) is 11.8 Å². The van der Waals surface area contributed by atoms with Crippen LogP contribution in [0.25, 0.3) is 0 Å². The minimum Gasteiger partial charge on any atom is -0.458 e. The molecule has 2 aromatic rings. The fourth-order valence-corrected chi connectivity index (χ4v) is 1.18. The van der Waals surface area contributed by atoms with E-state index >= 15 is 0 Å². The molecule has 0 unspecified atom stereocenters. The van der Waals surface area contributed by atoms with Gasteiger partial charge in [0.2, 0.25) is 0 Å². The molecular weight excluding hydrogens is 247 g/mol. The van der Waals surface area contributed by atoms with E-state index in [2.05, 4.69) is 15.0 Å². The van der Waals surface area contributed by atoms with Crippen LogP contribution < -0.4 is 10.5 Å². The number of ether oxygens (including phenoxy) is 1. The first kappa shape index (κ1) is 11.5. The number of aromatic nitrogens is 3. The number of nitrogens with two attached hydrogens (primary N) is 1. The maximum absolute atomic E-state index is 12.8. The Bertz CT molecular complexity index is 520. The Kier molecular flexibility index (Phi) is 3.34. The van der Waals surface area contributed by atoms with Crippen molar-refractivity contribution in [2.75, 3.05) is 5.73 Å². The first-order valence-electron chi connectivity index (χ1n) is 4.66. The Hall–Kier alpha value is -1.95. The SMILES string of the molecule is Nc1nc(OCc2ccc(Cl)nc2)ncc1F. The second kappa shape index (κ2) is 4.92. The van der Waals surface area contributed by atoms with Crippen molar-refractivity contribution in [2.45, 2.75) is 6.61 Å². The van der Waals surface area contributed by atoms with Crippen molar-refractivity contribution in [3.8, 4) is 6.01 Å². The van der Waals surface area contributed by atoms with E-state index in [-0.39, 0.29) is 18.4 Å². The average Bonchev–Trinajstić information content (AvgIpc) is 2.33. The van der Waals surface area contributed by atoms with Gasteiger partial charge in [0.1, 0.15) is 11.8 Å². The topological polar surface area (TPSA) is 73.9 Å². The van der Waals surface area contributed by atoms with Crippen molar-refractivity contribution >= 4 is 17.4 Å². The van der Waals surface area contributed by atoms with Crippen molar-refractivity contribution in [3.05, 3.63) is 41.1 Å². The zero-order valence-corrected chi connectivity index (χ0v) is 9.36. The molecule has 0 spiro atoms. The molecule has 7 heteroatoms. The monoisotopic (exact) mass is 254 g/mol. The summed E-state index contributed by atoms with van der Waals surface area (Å²) < 4.78 is 18.0. The summed E-state index contributed by atoms with van der Waals surface area (Å²) in [5.74, 6) is -0.922. The van der Waals surface area contributed by atoms with Crippen LogP contribution in [0.15, 0.2) is 24.5 Å². The van der Waals surface area contributed by atoms with E-state index in [4.69, 9.17) is 22.1 Å². The quantitative estimate of drug-likeness (QED) is 0.846. The van der Waals surface area contributed by atoms with Gasteiger partial charge in [-0.05, 0) is 6.07 Å². The van der Waals surface area contributed by atoms with Crippen molar-refractivity contribution in [3.63, 3.8) is 0 Å². The van der Waals surface area contributed by atoms with Gasteiger partial charge in [0.15, 0.2) is 11.6 Å². The lowest BCUT2D eigenvalue weighted by atomic mass is 10.3. The summed E-state index contributed by atoms with van der Waals surface area (Å²) in [4.78, 5) is 11.1. The van der Waals surface area contributed by atoms with E-state index < -0.39 is 5.82 Å². The van der Waals surface area contributed by atoms with E-state index in [1.165, 1.54) is 0 Å². The molecule has 17 heavy (non-hydrogen) atoms. The lowest BCUT2D eigenvalue weighted by molar-refractivity contribution is 0.279. The Morgan fingerprint density at radius 3 is 2.76 bits per heavy atom. The molecule has 0 aromatic carbocycles. The largest absolute Gasteiger partial charge is 0.458 e. The zero-order chi connectivity index (χ0) is 12.3. The van der Waals surface area contributed by atoms with Crippen molar-refractivity contribution < 1.29 is 9.13 Å². The highest BCUT2D eigenvalue weighted by molar-refractivity contribution is 6.29. The summed E-state index contributed by atoms with van der Waals surface area (Å²) in [6, 6.07) is 3.40. The first-order chi connectivity index (χ1) is 8.15. The summed E-state index contributed by atoms with van der Waals surface area (Å²) in [7, 11) is 0. The molecule has 0 saturated heterocycles. The average molecular weight is 255 g/mol. The number of hydrogen-bond donors (Lipinski definition) is 1. The molecule has 2 aromatic heterocycles. The van der Waals surface area contributed by atoms with Crippen LogP contribution in [0.4, 0.5) is 10.2 Å². The van der Waals surface area contributed by atoms with Crippen LogP contribution in [0.2, 0.25) is 5.15 Å². The minimum absolute atomic E-state index is 0.0128. The van der Waals surface area contributed by atoms with Crippen LogP contribution in [0.5, 0.6) is 6.01 Å². The summed E-state index contributed by atoms with van der Waals surface area (Å²) in [5, 5.41) is 0.399. The number of halogens is 2. The van der Waals surface area contributed by atoms with Crippen LogP contribution in [-0.4, -0.2) is 15.0 Å². The van der Waals surface area contributed by atoms with E-state index in [1.54, 1.807) is 18.3 Å². The highest BCUT2D eigenvalue weighted by Crippen LogP contribution is 2.11. The van der Waals surface area contributed by atoms with Crippen LogP contribution >= 0.6 is 11.6 Å². The number of rotatable bonds is 3. The summed E-state index contributed by atoms with van der Waals surface area (Å²) in [6.45, 7) is 0.204. The molecule has 2 N–H and O–H groups in total.